The molecule has 0 aliphatic carbocycles. The number of rotatable bonds is 2. The van der Waals surface area contributed by atoms with Gasteiger partial charge in [-0.3, -0.25) is 9.69 Å². The smallest absolute Gasteiger partial charge is 0.325 e. The lowest BCUT2D eigenvalue weighted by molar-refractivity contribution is -0.127. The third kappa shape index (κ3) is 3.06. The van der Waals surface area contributed by atoms with E-state index in [1.165, 1.54) is 4.90 Å². The van der Waals surface area contributed by atoms with Crippen molar-refractivity contribution < 1.29 is 9.59 Å². The summed E-state index contributed by atoms with van der Waals surface area (Å²) in [6, 6.07) is 8.75. The molecule has 4 nitrogen and oxygen atoms in total. The highest BCUT2D eigenvalue weighted by atomic mass is 16.2. The Morgan fingerprint density at radius 1 is 1.18 bits per heavy atom. The second-order valence-corrected chi connectivity index (χ2v) is 3.58. The zero-order chi connectivity index (χ0) is 12.8. The van der Waals surface area contributed by atoms with E-state index in [2.05, 4.69) is 5.32 Å². The number of hydrogen-bond acceptors (Lipinski definition) is 2. The summed E-state index contributed by atoms with van der Waals surface area (Å²) in [4.78, 5) is 24.2. The summed E-state index contributed by atoms with van der Waals surface area (Å²) in [6.07, 6.45) is 0. The van der Waals surface area contributed by atoms with E-state index < -0.39 is 6.04 Å². The van der Waals surface area contributed by atoms with E-state index in [0.717, 1.165) is 5.56 Å². The van der Waals surface area contributed by atoms with E-state index in [1.54, 1.807) is 6.92 Å². The maximum Gasteiger partial charge on any atom is 0.325 e. The number of carbonyl (C=O) groups is 2. The van der Waals surface area contributed by atoms with Gasteiger partial charge in [0, 0.05) is 0 Å². The fourth-order valence-electron chi connectivity index (χ4n) is 1.57. The average molecular weight is 234 g/mol. The minimum absolute atomic E-state index is 0.163. The topological polar surface area (TPSA) is 49.4 Å². The predicted molar refractivity (Wildman–Crippen MR) is 66.3 cm³/mol. The Labute approximate surface area is 102 Å². The molecule has 0 bridgehead atoms. The van der Waals surface area contributed by atoms with Gasteiger partial charge in [0.1, 0.15) is 6.04 Å². The number of nitrogens with one attached hydrogen (secondary N) is 1. The van der Waals surface area contributed by atoms with Gasteiger partial charge < -0.3 is 5.32 Å². The van der Waals surface area contributed by atoms with Crippen LogP contribution in [0.15, 0.2) is 30.3 Å². The van der Waals surface area contributed by atoms with Gasteiger partial charge in [-0.25, -0.2) is 4.79 Å². The van der Waals surface area contributed by atoms with Crippen molar-refractivity contribution in [2.45, 2.75) is 33.4 Å². The molecular formula is C13H18N2O2. The predicted octanol–water partition coefficient (Wildman–Crippen LogP) is 2.15. The first kappa shape index (κ1) is 13.2. The van der Waals surface area contributed by atoms with Crippen molar-refractivity contribution in [3.63, 3.8) is 0 Å². The maximum atomic E-state index is 11.6. The molecule has 92 valence electrons. The zero-order valence-corrected chi connectivity index (χ0v) is 10.4. The molecule has 17 heavy (non-hydrogen) atoms. The molecule has 0 aromatic heterocycles. The summed E-state index contributed by atoms with van der Waals surface area (Å²) in [5.74, 6) is -0.163. The number of urea groups is 1. The molecule has 1 unspecified atom stereocenters. The van der Waals surface area contributed by atoms with Crippen molar-refractivity contribution in [3.8, 4) is 0 Å². The van der Waals surface area contributed by atoms with Crippen LogP contribution in [0.2, 0.25) is 0 Å². The number of imide groups is 1. The van der Waals surface area contributed by atoms with Gasteiger partial charge in [-0.05, 0) is 12.5 Å². The monoisotopic (exact) mass is 234 g/mol. The lowest BCUT2D eigenvalue weighted by atomic mass is 10.2. The summed E-state index contributed by atoms with van der Waals surface area (Å²) in [5.41, 5.74) is 0.954. The Hall–Kier alpha value is -1.84. The quantitative estimate of drug-likeness (QED) is 0.797. The van der Waals surface area contributed by atoms with E-state index in [9.17, 15) is 9.59 Å². The summed E-state index contributed by atoms with van der Waals surface area (Å²) in [5, 5.41) is 2.57. The number of nitrogens with zero attached hydrogens (tertiary/aromatic N) is 1. The van der Waals surface area contributed by atoms with E-state index in [0.29, 0.717) is 6.54 Å². The second kappa shape index (κ2) is 6.03. The van der Waals surface area contributed by atoms with Crippen LogP contribution in [0.3, 0.4) is 0 Å². The van der Waals surface area contributed by atoms with Crippen molar-refractivity contribution in [2.75, 3.05) is 0 Å². The van der Waals surface area contributed by atoms with Crippen molar-refractivity contribution in [1.82, 2.24) is 10.2 Å². The van der Waals surface area contributed by atoms with Gasteiger partial charge in [0.2, 0.25) is 0 Å². The van der Waals surface area contributed by atoms with Gasteiger partial charge >= 0.3 is 6.03 Å². The van der Waals surface area contributed by atoms with E-state index in [-0.39, 0.29) is 11.9 Å². The number of carbonyl (C=O) groups excluding carboxylic acids is 2. The van der Waals surface area contributed by atoms with Crippen LogP contribution < -0.4 is 5.32 Å². The average Bonchev–Trinajstić information content (AvgIpc) is 2.60. The van der Waals surface area contributed by atoms with Crippen molar-refractivity contribution in [1.29, 1.82) is 0 Å². The summed E-state index contributed by atoms with van der Waals surface area (Å²) < 4.78 is 0. The molecule has 1 aliphatic heterocycles. The Kier molecular flexibility index (Phi) is 4.69. The molecule has 1 aromatic carbocycles. The second-order valence-electron chi connectivity index (χ2n) is 3.58. The van der Waals surface area contributed by atoms with Crippen LogP contribution in [-0.2, 0) is 11.3 Å². The lowest BCUT2D eigenvalue weighted by Crippen LogP contribution is -2.30. The summed E-state index contributed by atoms with van der Waals surface area (Å²) in [7, 11) is 0. The minimum atomic E-state index is -0.402. The Morgan fingerprint density at radius 2 is 1.76 bits per heavy atom. The molecule has 2 rings (SSSR count). The van der Waals surface area contributed by atoms with Crippen LogP contribution in [0.4, 0.5) is 4.79 Å². The molecule has 1 N–H and O–H groups in total. The van der Waals surface area contributed by atoms with E-state index in [4.69, 9.17) is 0 Å². The maximum absolute atomic E-state index is 11.6. The van der Waals surface area contributed by atoms with Crippen LogP contribution in [0.1, 0.15) is 26.3 Å². The van der Waals surface area contributed by atoms with Crippen LogP contribution in [0.25, 0.3) is 0 Å². The molecule has 0 spiro atoms. The van der Waals surface area contributed by atoms with Gasteiger partial charge in [-0.1, -0.05) is 44.2 Å². The van der Waals surface area contributed by atoms with Crippen LogP contribution in [-0.4, -0.2) is 22.9 Å². The van der Waals surface area contributed by atoms with Gasteiger partial charge in [-0.2, -0.15) is 0 Å². The molecule has 1 heterocycles. The SMILES string of the molecule is CC.CC1NC(=O)N(Cc2ccccc2)C1=O. The first-order valence-electron chi connectivity index (χ1n) is 5.84. The van der Waals surface area contributed by atoms with Crippen molar-refractivity contribution in [3.05, 3.63) is 35.9 Å². The molecule has 3 amide bonds. The normalized spacial score (nSPS) is 18.5. The molecule has 0 saturated carbocycles. The molecule has 0 radical (unpaired) electrons. The van der Waals surface area contributed by atoms with E-state index in [1.807, 2.05) is 44.2 Å². The largest absolute Gasteiger partial charge is 0.326 e. The number of amides is 3. The molecule has 4 heteroatoms. The first-order chi connectivity index (χ1) is 8.18. The van der Waals surface area contributed by atoms with Gasteiger partial charge in [0.15, 0.2) is 0 Å². The van der Waals surface area contributed by atoms with Crippen LogP contribution in [0.5, 0.6) is 0 Å². The van der Waals surface area contributed by atoms with E-state index >= 15 is 0 Å². The van der Waals surface area contributed by atoms with Crippen molar-refractivity contribution >= 4 is 11.9 Å². The Bertz CT molecular complexity index is 390. The fourth-order valence-corrected chi connectivity index (χ4v) is 1.57. The summed E-state index contributed by atoms with van der Waals surface area (Å²) in [6.45, 7) is 6.03. The fraction of sp³-hybridized carbons (Fsp3) is 0.385. The van der Waals surface area contributed by atoms with Crippen molar-refractivity contribution in [2.24, 2.45) is 0 Å². The highest BCUT2D eigenvalue weighted by Crippen LogP contribution is 2.11. The Balaban J connectivity index is 0.000000686. The van der Waals surface area contributed by atoms with Gasteiger partial charge in [0.25, 0.3) is 5.91 Å². The Morgan fingerprint density at radius 3 is 2.24 bits per heavy atom. The van der Waals surface area contributed by atoms with Crippen LogP contribution in [0, 0.1) is 0 Å². The molecule has 1 fully saturated rings. The van der Waals surface area contributed by atoms with Gasteiger partial charge in [0.05, 0.1) is 6.54 Å². The van der Waals surface area contributed by atoms with Gasteiger partial charge in [-0.15, -0.1) is 0 Å². The number of hydrogen-bond donors (Lipinski definition) is 1. The standard InChI is InChI=1S/C11H12N2O2.C2H6/c1-8-10(14)13(11(15)12-8)7-9-5-3-2-4-6-9;1-2/h2-6,8H,7H2,1H3,(H,12,15);1-2H3. The third-order valence-corrected chi connectivity index (χ3v) is 2.41. The molecular weight excluding hydrogens is 216 g/mol. The lowest BCUT2D eigenvalue weighted by Gasteiger charge is -2.12. The molecule has 1 atom stereocenters. The number of benzene rings is 1. The first-order valence-corrected chi connectivity index (χ1v) is 5.84. The minimum Gasteiger partial charge on any atom is -0.326 e. The molecule has 1 aromatic rings. The molecule has 1 aliphatic rings. The zero-order valence-electron chi connectivity index (χ0n) is 10.4. The third-order valence-electron chi connectivity index (χ3n) is 2.41. The highest BCUT2D eigenvalue weighted by Gasteiger charge is 2.34. The summed E-state index contributed by atoms with van der Waals surface area (Å²) >= 11 is 0. The molecule has 1 saturated heterocycles. The highest BCUT2D eigenvalue weighted by molar-refractivity contribution is 6.03. The van der Waals surface area contributed by atoms with Crippen LogP contribution >= 0.6 is 0 Å².